The van der Waals surface area contributed by atoms with Gasteiger partial charge in [-0.1, -0.05) is 231 Å². The maximum absolute atomic E-state index is 12.7. The SMILES string of the molecule is CC/C=C\C/C=C\C/C=C\C/C=C\C/C=C\C/C=C\CCCCCCCCCCCCC(=O)OCC(COC(=O)CCCCCCC/C=C\CCC)OC(=O)CC/C=C\C/C=C\C/C=C\C/C=C\CC. The molecule has 394 valence electrons. The lowest BCUT2D eigenvalue weighted by Crippen LogP contribution is -2.30. The van der Waals surface area contributed by atoms with Crippen LogP contribution in [0.5, 0.6) is 0 Å². The predicted octanol–water partition coefficient (Wildman–Crippen LogP) is 19.0. The maximum Gasteiger partial charge on any atom is 0.306 e. The second kappa shape index (κ2) is 57.1. The quantitative estimate of drug-likeness (QED) is 0.0262. The van der Waals surface area contributed by atoms with Crippen LogP contribution in [-0.4, -0.2) is 37.2 Å². The summed E-state index contributed by atoms with van der Waals surface area (Å²) in [7, 11) is 0. The van der Waals surface area contributed by atoms with Crippen LogP contribution < -0.4 is 0 Å². The average molecular weight is 968 g/mol. The first kappa shape index (κ1) is 65.5. The van der Waals surface area contributed by atoms with Crippen LogP contribution in [0.1, 0.15) is 233 Å². The van der Waals surface area contributed by atoms with E-state index in [0.717, 1.165) is 128 Å². The smallest absolute Gasteiger partial charge is 0.306 e. The van der Waals surface area contributed by atoms with Crippen molar-refractivity contribution in [2.45, 2.75) is 239 Å². The van der Waals surface area contributed by atoms with E-state index in [1.54, 1.807) is 0 Å². The highest BCUT2D eigenvalue weighted by molar-refractivity contribution is 5.71. The van der Waals surface area contributed by atoms with Crippen LogP contribution in [0.2, 0.25) is 0 Å². The van der Waals surface area contributed by atoms with Crippen molar-refractivity contribution in [1.82, 2.24) is 0 Å². The molecule has 0 aromatic rings. The van der Waals surface area contributed by atoms with Crippen LogP contribution in [0, 0.1) is 0 Å². The van der Waals surface area contributed by atoms with Gasteiger partial charge in [-0.3, -0.25) is 14.4 Å². The number of carbonyl (C=O) groups excluding carboxylic acids is 3. The molecular formula is C64H102O6. The molecule has 6 heteroatoms. The third-order valence-corrected chi connectivity index (χ3v) is 11.4. The minimum absolute atomic E-state index is 0.115. The molecule has 0 radical (unpaired) electrons. The van der Waals surface area contributed by atoms with Gasteiger partial charge in [-0.2, -0.15) is 0 Å². The summed E-state index contributed by atoms with van der Waals surface area (Å²) < 4.78 is 16.7. The van der Waals surface area contributed by atoms with Gasteiger partial charge < -0.3 is 14.2 Å². The molecule has 1 atom stereocenters. The third-order valence-electron chi connectivity index (χ3n) is 11.4. The molecule has 6 nitrogen and oxygen atoms in total. The van der Waals surface area contributed by atoms with Crippen molar-refractivity contribution in [2.24, 2.45) is 0 Å². The van der Waals surface area contributed by atoms with Crippen LogP contribution in [0.15, 0.2) is 134 Å². The Bertz CT molecular complexity index is 1530. The number of ether oxygens (including phenoxy) is 3. The topological polar surface area (TPSA) is 78.9 Å². The molecule has 70 heavy (non-hydrogen) atoms. The Morgan fingerprint density at radius 2 is 0.586 bits per heavy atom. The highest BCUT2D eigenvalue weighted by Crippen LogP contribution is 2.14. The van der Waals surface area contributed by atoms with Crippen molar-refractivity contribution in [1.29, 1.82) is 0 Å². The molecule has 0 aromatic heterocycles. The number of rotatable bonds is 49. The number of hydrogen-bond acceptors (Lipinski definition) is 6. The van der Waals surface area contributed by atoms with Crippen molar-refractivity contribution < 1.29 is 28.6 Å². The van der Waals surface area contributed by atoms with Crippen LogP contribution in [0.4, 0.5) is 0 Å². The van der Waals surface area contributed by atoms with E-state index in [4.69, 9.17) is 14.2 Å². The fourth-order valence-corrected chi connectivity index (χ4v) is 7.23. The summed E-state index contributed by atoms with van der Waals surface area (Å²) in [5.41, 5.74) is 0. The van der Waals surface area contributed by atoms with Gasteiger partial charge in [-0.15, -0.1) is 0 Å². The lowest BCUT2D eigenvalue weighted by molar-refractivity contribution is -0.166. The van der Waals surface area contributed by atoms with Gasteiger partial charge in [0.15, 0.2) is 6.10 Å². The monoisotopic (exact) mass is 967 g/mol. The fraction of sp³-hybridized carbons (Fsp3) is 0.609. The maximum atomic E-state index is 12.7. The Morgan fingerprint density at radius 1 is 0.300 bits per heavy atom. The summed E-state index contributed by atoms with van der Waals surface area (Å²) >= 11 is 0. The summed E-state index contributed by atoms with van der Waals surface area (Å²) in [6.07, 6.45) is 80.5. The summed E-state index contributed by atoms with van der Waals surface area (Å²) in [6, 6.07) is 0. The van der Waals surface area contributed by atoms with Crippen molar-refractivity contribution in [3.8, 4) is 0 Å². The standard InChI is InChI=1S/C64H102O6/c1-4-7-10-13-16-19-22-24-25-26-27-28-29-30-31-32-33-34-35-36-37-38-39-41-42-45-48-51-54-57-63(66)69-60-61(59-68-62(65)56-53-50-47-44-21-18-15-12-9-6-3)70-64(67)58-55-52-49-46-43-40-23-20-17-14-11-8-5-2/h7-8,10-12,15-17,19-20,24-25,27-28,30-31,33-34,40,43,49,52,61H,4-6,9,13-14,18,21-23,26,29,32,35-39,41-42,44-48,50-51,53-60H2,1-3H3/b10-7-,11-8-,15-12-,19-16-,20-17-,25-24-,28-27-,31-30-,34-33-,43-40-,52-49-. The van der Waals surface area contributed by atoms with Gasteiger partial charge in [-0.05, 0) is 116 Å². The van der Waals surface area contributed by atoms with E-state index >= 15 is 0 Å². The van der Waals surface area contributed by atoms with E-state index in [0.29, 0.717) is 19.3 Å². The van der Waals surface area contributed by atoms with Gasteiger partial charge in [0, 0.05) is 19.3 Å². The molecule has 1 unspecified atom stereocenters. The van der Waals surface area contributed by atoms with Gasteiger partial charge in [0.1, 0.15) is 13.2 Å². The molecule has 0 aliphatic carbocycles. The molecule has 0 amide bonds. The van der Waals surface area contributed by atoms with Crippen LogP contribution in [-0.2, 0) is 28.6 Å². The number of hydrogen-bond donors (Lipinski definition) is 0. The van der Waals surface area contributed by atoms with Gasteiger partial charge in [-0.25, -0.2) is 0 Å². The minimum Gasteiger partial charge on any atom is -0.462 e. The van der Waals surface area contributed by atoms with Crippen LogP contribution in [0.3, 0.4) is 0 Å². The molecule has 0 aliphatic rings. The molecule has 0 bridgehead atoms. The lowest BCUT2D eigenvalue weighted by atomic mass is 10.1. The highest BCUT2D eigenvalue weighted by Gasteiger charge is 2.19. The van der Waals surface area contributed by atoms with Crippen molar-refractivity contribution in [3.05, 3.63) is 134 Å². The molecule has 0 rings (SSSR count). The van der Waals surface area contributed by atoms with E-state index in [9.17, 15) is 14.4 Å². The third kappa shape index (κ3) is 54.5. The molecule has 0 aromatic carbocycles. The highest BCUT2D eigenvalue weighted by atomic mass is 16.6. The number of allylic oxidation sites excluding steroid dienone is 22. The summed E-state index contributed by atoms with van der Waals surface area (Å²) in [5.74, 6) is -1.02. The van der Waals surface area contributed by atoms with Crippen LogP contribution in [0.25, 0.3) is 0 Å². The molecule has 0 saturated heterocycles. The second-order valence-corrected chi connectivity index (χ2v) is 18.1. The van der Waals surface area contributed by atoms with Gasteiger partial charge >= 0.3 is 17.9 Å². The number of esters is 3. The normalized spacial score (nSPS) is 13.1. The van der Waals surface area contributed by atoms with Crippen LogP contribution >= 0.6 is 0 Å². The largest absolute Gasteiger partial charge is 0.462 e. The van der Waals surface area contributed by atoms with E-state index in [-0.39, 0.29) is 31.6 Å². The molecule has 0 heterocycles. The molecule has 0 fully saturated rings. The van der Waals surface area contributed by atoms with E-state index < -0.39 is 12.1 Å². The Balaban J connectivity index is 4.27. The van der Waals surface area contributed by atoms with E-state index in [2.05, 4.69) is 142 Å². The summed E-state index contributed by atoms with van der Waals surface area (Å²) in [6.45, 7) is 6.26. The first-order valence-corrected chi connectivity index (χ1v) is 28.2. The Labute approximate surface area is 430 Å². The van der Waals surface area contributed by atoms with Crippen molar-refractivity contribution in [2.75, 3.05) is 13.2 Å². The predicted molar refractivity (Wildman–Crippen MR) is 302 cm³/mol. The molecule has 0 N–H and O–H groups in total. The van der Waals surface area contributed by atoms with Crippen molar-refractivity contribution >= 4 is 17.9 Å². The minimum atomic E-state index is -0.824. The summed E-state index contributed by atoms with van der Waals surface area (Å²) in [4.78, 5) is 37.9. The Hall–Kier alpha value is -4.45. The zero-order valence-corrected chi connectivity index (χ0v) is 45.0. The van der Waals surface area contributed by atoms with Crippen molar-refractivity contribution in [3.63, 3.8) is 0 Å². The first-order valence-electron chi connectivity index (χ1n) is 28.2. The zero-order chi connectivity index (χ0) is 50.7. The van der Waals surface area contributed by atoms with Gasteiger partial charge in [0.05, 0.1) is 0 Å². The zero-order valence-electron chi connectivity index (χ0n) is 45.0. The number of unbranched alkanes of at least 4 members (excludes halogenated alkanes) is 16. The number of carbonyl (C=O) groups is 3. The molecule has 0 aliphatic heterocycles. The van der Waals surface area contributed by atoms with Gasteiger partial charge in [0.25, 0.3) is 0 Å². The van der Waals surface area contributed by atoms with E-state index in [1.807, 2.05) is 12.2 Å². The summed E-state index contributed by atoms with van der Waals surface area (Å²) in [5, 5.41) is 0. The lowest BCUT2D eigenvalue weighted by Gasteiger charge is -2.18. The second-order valence-electron chi connectivity index (χ2n) is 18.1. The Kier molecular flexibility index (Phi) is 53.5. The van der Waals surface area contributed by atoms with E-state index in [1.165, 1.54) is 57.8 Å². The fourth-order valence-electron chi connectivity index (χ4n) is 7.23. The van der Waals surface area contributed by atoms with Gasteiger partial charge in [0.2, 0.25) is 0 Å². The Morgan fingerprint density at radius 3 is 0.943 bits per heavy atom. The average Bonchev–Trinajstić information content (AvgIpc) is 3.36. The molecular weight excluding hydrogens is 865 g/mol. The first-order chi connectivity index (χ1) is 34.5. The molecule has 0 spiro atoms. The molecule has 0 saturated carbocycles.